The molecule has 0 fully saturated rings. The average molecular weight is 931 g/mol. The van der Waals surface area contributed by atoms with Crippen LogP contribution in [0, 0.1) is 0 Å². The Kier molecular flexibility index (Phi) is 12.4. The molecule has 0 spiro atoms. The van der Waals surface area contributed by atoms with Crippen molar-refractivity contribution in [3.8, 4) is 84.4 Å². The van der Waals surface area contributed by atoms with E-state index < -0.39 is 0 Å². The average Bonchev–Trinajstić information content (AvgIpc) is 3.78. The molecule has 0 aliphatic carbocycles. The van der Waals surface area contributed by atoms with Crippen molar-refractivity contribution in [3.05, 3.63) is 152 Å². The lowest BCUT2D eigenvalue weighted by atomic mass is 9.86. The monoisotopic (exact) mass is 930 g/mol. The third-order valence-electron chi connectivity index (χ3n) is 13.4. The summed E-state index contributed by atoms with van der Waals surface area (Å²) in [7, 11) is 0. The van der Waals surface area contributed by atoms with Crippen LogP contribution in [0.25, 0.3) is 109 Å². The zero-order chi connectivity index (χ0) is 47.7. The first-order chi connectivity index (χ1) is 34.5. The van der Waals surface area contributed by atoms with E-state index in [1.54, 1.807) is 0 Å². The molecule has 0 heterocycles. The molecule has 0 unspecified atom stereocenters. The van der Waals surface area contributed by atoms with Gasteiger partial charge in [-0.1, -0.05) is 60.7 Å². The van der Waals surface area contributed by atoms with Crippen LogP contribution in [-0.2, 0) is 0 Å². The Morgan fingerprint density at radius 3 is 0.529 bits per heavy atom. The van der Waals surface area contributed by atoms with Gasteiger partial charge in [0, 0.05) is 0 Å². The Balaban J connectivity index is 1.28. The van der Waals surface area contributed by atoms with Gasteiger partial charge in [0.2, 0.25) is 0 Å². The quantitative estimate of drug-likeness (QED) is 0.0506. The summed E-state index contributed by atoms with van der Waals surface area (Å²) in [5.41, 5.74) is 31.3. The van der Waals surface area contributed by atoms with Crippen LogP contribution in [-0.4, -0.2) is 65.8 Å². The topological polar surface area (TPSA) is 184 Å². The molecule has 0 bridgehead atoms. The van der Waals surface area contributed by atoms with E-state index in [2.05, 4.69) is 180 Å². The van der Waals surface area contributed by atoms with Crippen molar-refractivity contribution in [2.24, 2.45) is 0 Å². The molecule has 10 nitrogen and oxygen atoms in total. The zero-order valence-electron chi connectivity index (χ0n) is 39.6. The second kappa shape index (κ2) is 19.4. The molecule has 0 aliphatic heterocycles. The molecule has 0 saturated carbocycles. The minimum Gasteiger partial charge on any atom is -0.488 e. The number of rotatable bonds is 20. The van der Waals surface area contributed by atoms with Crippen LogP contribution in [0.2, 0.25) is 0 Å². The Labute approximate surface area is 406 Å². The summed E-state index contributed by atoms with van der Waals surface area (Å²) in [4.78, 5) is 0. The molecule has 11 aromatic rings. The highest BCUT2D eigenvalue weighted by atomic mass is 16.5. The van der Waals surface area contributed by atoms with Crippen LogP contribution in [0.1, 0.15) is 0 Å². The van der Waals surface area contributed by atoms with Crippen molar-refractivity contribution in [3.63, 3.8) is 0 Å². The molecule has 0 amide bonds. The van der Waals surface area contributed by atoms with E-state index in [0.717, 1.165) is 84.4 Å². The molecule has 0 aliphatic rings. The van der Waals surface area contributed by atoms with Gasteiger partial charge in [-0.25, -0.2) is 0 Å². The van der Waals surface area contributed by atoms with Gasteiger partial charge < -0.3 is 52.4 Å². The smallest absolute Gasteiger partial charge is 0.137 e. The molecular weight excluding hydrogens is 871 g/mol. The van der Waals surface area contributed by atoms with Crippen LogP contribution < -0.4 is 52.4 Å². The molecule has 70 heavy (non-hydrogen) atoms. The van der Waals surface area contributed by atoms with Crippen LogP contribution in [0.5, 0.6) is 28.7 Å². The highest BCUT2D eigenvalue weighted by molar-refractivity contribution is 6.49. The van der Waals surface area contributed by atoms with E-state index in [0.29, 0.717) is 65.8 Å². The van der Waals surface area contributed by atoms with Crippen molar-refractivity contribution >= 4 is 53.9 Å². The maximum atomic E-state index is 6.05. The molecule has 0 atom stereocenters. The number of quaternary nitrogens is 5. The zero-order valence-corrected chi connectivity index (χ0v) is 39.6. The predicted octanol–water partition coefficient (Wildman–Crippen LogP) is 7.20. The number of benzene rings is 10. The van der Waals surface area contributed by atoms with Crippen LogP contribution in [0.3, 0.4) is 0 Å². The Bertz CT molecular complexity index is 2970. The highest BCUT2D eigenvalue weighted by Crippen LogP contribution is 2.57. The van der Waals surface area contributed by atoms with Crippen molar-refractivity contribution in [2.75, 3.05) is 65.8 Å². The number of hydrogen-bond donors (Lipinski definition) is 5. The maximum Gasteiger partial charge on any atom is 0.137 e. The van der Waals surface area contributed by atoms with Gasteiger partial charge in [0.15, 0.2) is 0 Å². The fraction of sp³-hybridized carbons (Fsp3) is 0.167. The van der Waals surface area contributed by atoms with Gasteiger partial charge in [-0.05, 0) is 200 Å². The second-order valence-electron chi connectivity index (χ2n) is 17.9. The minimum absolute atomic E-state index is 0.562. The Morgan fingerprint density at radius 1 is 0.229 bits per heavy atom. The van der Waals surface area contributed by atoms with E-state index in [9.17, 15) is 0 Å². The van der Waals surface area contributed by atoms with E-state index >= 15 is 0 Å². The molecule has 0 saturated heterocycles. The largest absolute Gasteiger partial charge is 0.488 e. The molecule has 0 radical (unpaired) electrons. The van der Waals surface area contributed by atoms with Gasteiger partial charge in [0.25, 0.3) is 0 Å². The molecule has 15 N–H and O–H groups in total. The van der Waals surface area contributed by atoms with Crippen molar-refractivity contribution in [2.45, 2.75) is 0 Å². The standard InChI is InChI=1S/C60H55N5O5/c61-21-26-66-41-11-1-36(2-12-41)46-31-52-48(38-5-15-43(16-6-38)68-28-23-63)33-54-50(40-9-19-45(20-10-40)70-30-25-65)35-55-49(39-7-17-44(18-8-39)69-29-24-64)34-53-47(37-3-13-42(14-4-37)67-27-22-62)32-51(46)56-57(52)59(54)60(55)58(53)56/h1-20,31-35H,21-30,61-65H2/p+5. The fourth-order valence-corrected chi connectivity index (χ4v) is 10.3. The van der Waals surface area contributed by atoms with Crippen LogP contribution in [0.4, 0.5) is 0 Å². The number of hydrogen-bond acceptors (Lipinski definition) is 5. The molecule has 350 valence electrons. The molecular formula is C60H60N5O5+5. The lowest BCUT2D eigenvalue weighted by Crippen LogP contribution is -2.52. The first-order valence-corrected chi connectivity index (χ1v) is 24.5. The minimum atomic E-state index is 0.562. The second-order valence-corrected chi connectivity index (χ2v) is 17.9. The van der Waals surface area contributed by atoms with Gasteiger partial charge >= 0.3 is 0 Å². The molecule has 10 heteroatoms. The normalized spacial score (nSPS) is 11.8. The van der Waals surface area contributed by atoms with E-state index in [1.165, 1.54) is 53.9 Å². The maximum absolute atomic E-state index is 6.05. The Morgan fingerprint density at radius 2 is 0.386 bits per heavy atom. The molecule has 0 aromatic heterocycles. The lowest BCUT2D eigenvalue weighted by molar-refractivity contribution is -0.371. The summed E-state index contributed by atoms with van der Waals surface area (Å²) in [5, 5.41) is 12.3. The van der Waals surface area contributed by atoms with Crippen LogP contribution >= 0.6 is 0 Å². The summed E-state index contributed by atoms with van der Waals surface area (Å²) < 4.78 is 30.3. The van der Waals surface area contributed by atoms with Gasteiger partial charge in [-0.2, -0.15) is 0 Å². The molecule has 11 aromatic carbocycles. The van der Waals surface area contributed by atoms with E-state index in [1.807, 2.05) is 0 Å². The van der Waals surface area contributed by atoms with Gasteiger partial charge in [-0.3, -0.25) is 0 Å². The summed E-state index contributed by atoms with van der Waals surface area (Å²) in [6.45, 7) is 6.29. The fourth-order valence-electron chi connectivity index (χ4n) is 10.3. The third-order valence-corrected chi connectivity index (χ3v) is 13.4. The first kappa shape index (κ1) is 44.8. The summed E-state index contributed by atoms with van der Waals surface area (Å²) in [6.07, 6.45) is 0. The highest BCUT2D eigenvalue weighted by Gasteiger charge is 2.29. The summed E-state index contributed by atoms with van der Waals surface area (Å²) in [5.74, 6) is 4.15. The Hall–Kier alpha value is -7.70. The van der Waals surface area contributed by atoms with Gasteiger partial charge in [0.05, 0.1) is 0 Å². The van der Waals surface area contributed by atoms with Crippen molar-refractivity contribution in [1.82, 2.24) is 0 Å². The summed E-state index contributed by atoms with van der Waals surface area (Å²) >= 11 is 0. The first-order valence-electron chi connectivity index (χ1n) is 24.5. The SMILES string of the molecule is [NH3+]CCOc1ccc(-c2cc3c(-c4ccc(OCC[NH3+])cc4)cc4c(-c5ccc(OCC[NH3+])cc5)cc5c(-c6ccc(OCC[NH3+])cc6)cc6c(-c7ccc(OCC[NH3+])cc7)cc2c2c6c5c4c32)cc1. The third kappa shape index (κ3) is 8.05. The van der Waals surface area contributed by atoms with E-state index in [4.69, 9.17) is 23.7 Å². The summed E-state index contributed by atoms with van der Waals surface area (Å²) in [6, 6.07) is 54.9. The predicted molar refractivity (Wildman–Crippen MR) is 281 cm³/mol. The number of ether oxygens (including phenoxy) is 5. The van der Waals surface area contributed by atoms with Gasteiger partial charge in [-0.15, -0.1) is 0 Å². The van der Waals surface area contributed by atoms with Gasteiger partial charge in [0.1, 0.15) is 94.5 Å². The lowest BCUT2D eigenvalue weighted by Gasteiger charge is -2.18. The molecule has 11 rings (SSSR count). The van der Waals surface area contributed by atoms with Crippen molar-refractivity contribution < 1.29 is 52.4 Å². The van der Waals surface area contributed by atoms with Crippen LogP contribution in [0.15, 0.2) is 152 Å². The van der Waals surface area contributed by atoms with Crippen molar-refractivity contribution in [1.29, 1.82) is 0 Å². The van der Waals surface area contributed by atoms with E-state index in [-0.39, 0.29) is 0 Å².